The van der Waals surface area contributed by atoms with E-state index in [1.165, 1.54) is 18.7 Å². The van der Waals surface area contributed by atoms with Gasteiger partial charge in [-0.3, -0.25) is 9.59 Å². The van der Waals surface area contributed by atoms with Gasteiger partial charge in [0.2, 0.25) is 0 Å². The molecule has 0 radical (unpaired) electrons. The lowest BCUT2D eigenvalue weighted by molar-refractivity contribution is -0.145. The first-order valence-electron chi connectivity index (χ1n) is 9.26. The van der Waals surface area contributed by atoms with Crippen molar-refractivity contribution < 1.29 is 24.2 Å². The maximum absolute atomic E-state index is 12.3. The monoisotopic (exact) mass is 424 g/mol. The van der Waals surface area contributed by atoms with Gasteiger partial charge in [0.25, 0.3) is 5.91 Å². The van der Waals surface area contributed by atoms with E-state index >= 15 is 0 Å². The van der Waals surface area contributed by atoms with E-state index in [2.05, 4.69) is 10.3 Å². The molecule has 1 fully saturated rings. The van der Waals surface area contributed by atoms with Crippen molar-refractivity contribution in [3.05, 3.63) is 64.6 Å². The minimum absolute atomic E-state index is 0.0592. The van der Waals surface area contributed by atoms with Crippen molar-refractivity contribution in [2.75, 3.05) is 0 Å². The number of carboxylic acids is 1. The number of hydrogen-bond donors (Lipinski definition) is 2. The molecule has 0 aromatic heterocycles. The fourth-order valence-electron chi connectivity index (χ4n) is 2.69. The number of carboxylic acid groups (broad SMARTS) is 1. The number of Topliss-reactive ketones (excluding diaryl/α,β-unsaturated/α-hetero) is 1. The lowest BCUT2D eigenvalue weighted by atomic mass is 10.1. The smallest absolute Gasteiger partial charge is 0.344 e. The average molecular weight is 424 g/mol. The van der Waals surface area contributed by atoms with Crippen LogP contribution in [0.15, 0.2) is 58.4 Å². The first-order valence-corrected chi connectivity index (χ1v) is 10.1. The lowest BCUT2D eigenvalue weighted by Gasteiger charge is -2.13. The van der Waals surface area contributed by atoms with Crippen molar-refractivity contribution in [1.82, 2.24) is 5.32 Å². The van der Waals surface area contributed by atoms with Crippen LogP contribution in [0, 0.1) is 0 Å². The minimum atomic E-state index is -1.03. The molecular formula is C22H20N2O5S. The van der Waals surface area contributed by atoms with E-state index in [1.54, 1.807) is 61.5 Å². The third-order valence-corrected chi connectivity index (χ3v) is 5.12. The van der Waals surface area contributed by atoms with Gasteiger partial charge in [-0.2, -0.15) is 0 Å². The number of rotatable bonds is 7. The summed E-state index contributed by atoms with van der Waals surface area (Å²) in [5.41, 5.74) is 1.82. The molecule has 1 atom stereocenters. The average Bonchev–Trinajstić information content (AvgIpc) is 3.05. The molecule has 1 saturated heterocycles. The SMILES string of the molecule is CCC(Oc1cccc(/C=C2/SC(=Nc3cccc(C(C)=O)c3)NC2=O)c1)C(=O)O. The van der Waals surface area contributed by atoms with E-state index in [0.29, 0.717) is 39.1 Å². The first kappa shape index (κ1) is 21.3. The maximum Gasteiger partial charge on any atom is 0.344 e. The van der Waals surface area contributed by atoms with E-state index < -0.39 is 12.1 Å². The Kier molecular flexibility index (Phi) is 6.68. The van der Waals surface area contributed by atoms with Crippen LogP contribution in [0.5, 0.6) is 5.75 Å². The molecule has 1 heterocycles. The minimum Gasteiger partial charge on any atom is -0.479 e. The van der Waals surface area contributed by atoms with Crippen LogP contribution in [0.2, 0.25) is 0 Å². The molecule has 1 amide bonds. The molecular weight excluding hydrogens is 404 g/mol. The number of thioether (sulfide) groups is 1. The Labute approximate surface area is 177 Å². The summed E-state index contributed by atoms with van der Waals surface area (Å²) in [6, 6.07) is 13.7. The molecule has 3 rings (SSSR count). The first-order chi connectivity index (χ1) is 14.4. The third-order valence-electron chi connectivity index (χ3n) is 4.21. The van der Waals surface area contributed by atoms with Crippen molar-refractivity contribution in [2.24, 2.45) is 4.99 Å². The largest absolute Gasteiger partial charge is 0.479 e. The second-order valence-corrected chi connectivity index (χ2v) is 7.54. The number of aliphatic carboxylic acids is 1. The highest BCUT2D eigenvalue weighted by atomic mass is 32.2. The number of aliphatic imine (C=N–C) groups is 1. The number of hydrogen-bond acceptors (Lipinski definition) is 6. The number of amides is 1. The summed E-state index contributed by atoms with van der Waals surface area (Å²) in [6.45, 7) is 3.22. The molecule has 7 nitrogen and oxygen atoms in total. The molecule has 0 bridgehead atoms. The Balaban J connectivity index is 1.78. The van der Waals surface area contributed by atoms with Gasteiger partial charge < -0.3 is 15.2 Å². The number of amidine groups is 1. The van der Waals surface area contributed by atoms with Crippen LogP contribution in [0.1, 0.15) is 36.2 Å². The van der Waals surface area contributed by atoms with Crippen LogP contribution in [0.3, 0.4) is 0 Å². The summed E-state index contributed by atoms with van der Waals surface area (Å²) >= 11 is 1.18. The maximum atomic E-state index is 12.3. The molecule has 8 heteroatoms. The van der Waals surface area contributed by atoms with Crippen molar-refractivity contribution in [3.8, 4) is 5.75 Å². The predicted octanol–water partition coefficient (Wildman–Crippen LogP) is 4.02. The Morgan fingerprint density at radius 2 is 2.00 bits per heavy atom. The number of ketones is 1. The Bertz CT molecular complexity index is 1060. The summed E-state index contributed by atoms with van der Waals surface area (Å²) in [4.78, 5) is 39.8. The van der Waals surface area contributed by atoms with E-state index in [-0.39, 0.29) is 11.7 Å². The van der Waals surface area contributed by atoms with Crippen molar-refractivity contribution in [1.29, 1.82) is 0 Å². The van der Waals surface area contributed by atoms with Crippen molar-refractivity contribution in [2.45, 2.75) is 26.4 Å². The second-order valence-electron chi connectivity index (χ2n) is 6.51. The molecule has 2 aromatic rings. The van der Waals surface area contributed by atoms with Crippen LogP contribution >= 0.6 is 11.8 Å². The summed E-state index contributed by atoms with van der Waals surface area (Å²) in [5, 5.41) is 12.3. The summed E-state index contributed by atoms with van der Waals surface area (Å²) in [5.74, 6) is -0.959. The molecule has 1 aliphatic heterocycles. The lowest BCUT2D eigenvalue weighted by Crippen LogP contribution is -2.25. The Hall–Kier alpha value is -3.39. The molecule has 1 aliphatic rings. The number of ether oxygens (including phenoxy) is 1. The van der Waals surface area contributed by atoms with Gasteiger partial charge in [-0.1, -0.05) is 31.2 Å². The summed E-state index contributed by atoms with van der Waals surface area (Å²) < 4.78 is 5.50. The molecule has 0 aliphatic carbocycles. The molecule has 0 saturated carbocycles. The molecule has 1 unspecified atom stereocenters. The van der Waals surface area contributed by atoms with Gasteiger partial charge in [-0.05, 0) is 61.0 Å². The number of nitrogens with one attached hydrogen (secondary N) is 1. The molecule has 2 aromatic carbocycles. The van der Waals surface area contributed by atoms with Gasteiger partial charge in [0, 0.05) is 5.56 Å². The number of nitrogens with zero attached hydrogens (tertiary/aromatic N) is 1. The summed E-state index contributed by atoms with van der Waals surface area (Å²) in [6.07, 6.45) is 1.09. The summed E-state index contributed by atoms with van der Waals surface area (Å²) in [7, 11) is 0. The van der Waals surface area contributed by atoms with Crippen molar-refractivity contribution in [3.63, 3.8) is 0 Å². The predicted molar refractivity (Wildman–Crippen MR) is 116 cm³/mol. The van der Waals surface area contributed by atoms with Crippen LogP contribution in [-0.2, 0) is 9.59 Å². The number of carbonyl (C=O) groups excluding carboxylic acids is 2. The van der Waals surface area contributed by atoms with E-state index in [9.17, 15) is 14.4 Å². The van der Waals surface area contributed by atoms with Crippen molar-refractivity contribution >= 4 is 46.4 Å². The number of benzene rings is 2. The van der Waals surface area contributed by atoms with Gasteiger partial charge in [0.1, 0.15) is 5.75 Å². The quantitative estimate of drug-likeness (QED) is 0.514. The molecule has 154 valence electrons. The zero-order valence-corrected chi connectivity index (χ0v) is 17.2. The highest BCUT2D eigenvalue weighted by Gasteiger charge is 2.24. The fraction of sp³-hybridized carbons (Fsp3) is 0.182. The van der Waals surface area contributed by atoms with Crippen LogP contribution < -0.4 is 10.1 Å². The van der Waals surface area contributed by atoms with Crippen LogP contribution in [-0.4, -0.2) is 34.0 Å². The molecule has 2 N–H and O–H groups in total. The molecule has 0 spiro atoms. The number of carbonyl (C=O) groups is 3. The van der Waals surface area contributed by atoms with Gasteiger partial charge in [-0.15, -0.1) is 0 Å². The fourth-order valence-corrected chi connectivity index (χ4v) is 3.54. The van der Waals surface area contributed by atoms with Gasteiger partial charge >= 0.3 is 5.97 Å². The standard InChI is InChI=1S/C22H20N2O5S/c1-3-18(21(27)28)29-17-9-4-6-14(10-17)11-19-20(26)24-22(30-19)23-16-8-5-7-15(12-16)13(2)25/h4-12,18H,3H2,1-2H3,(H,27,28)(H,23,24,26)/b19-11+. The Morgan fingerprint density at radius 1 is 1.23 bits per heavy atom. The normalized spacial score (nSPS) is 17.1. The highest BCUT2D eigenvalue weighted by Crippen LogP contribution is 2.29. The Morgan fingerprint density at radius 3 is 2.70 bits per heavy atom. The van der Waals surface area contributed by atoms with E-state index in [0.717, 1.165) is 0 Å². The zero-order valence-electron chi connectivity index (χ0n) is 16.4. The molecule has 30 heavy (non-hydrogen) atoms. The van der Waals surface area contributed by atoms with Gasteiger partial charge in [0.05, 0.1) is 10.6 Å². The third kappa shape index (κ3) is 5.36. The zero-order chi connectivity index (χ0) is 21.7. The van der Waals surface area contributed by atoms with E-state index in [1.807, 2.05) is 0 Å². The topological polar surface area (TPSA) is 105 Å². The van der Waals surface area contributed by atoms with E-state index in [4.69, 9.17) is 9.84 Å². The van der Waals surface area contributed by atoms with Gasteiger partial charge in [-0.25, -0.2) is 9.79 Å². The second kappa shape index (κ2) is 9.41. The highest BCUT2D eigenvalue weighted by molar-refractivity contribution is 8.18. The van der Waals surface area contributed by atoms with Crippen LogP contribution in [0.25, 0.3) is 6.08 Å². The van der Waals surface area contributed by atoms with Gasteiger partial charge in [0.15, 0.2) is 17.1 Å². The van der Waals surface area contributed by atoms with Crippen LogP contribution in [0.4, 0.5) is 5.69 Å².